The molecule has 1 heteroatoms. The highest BCUT2D eigenvalue weighted by atomic mass is 16.3. The van der Waals surface area contributed by atoms with E-state index in [9.17, 15) is 0 Å². The minimum Gasteiger partial charge on any atom is -0.456 e. The van der Waals surface area contributed by atoms with E-state index < -0.39 is 0 Å². The molecule has 0 aliphatic heterocycles. The van der Waals surface area contributed by atoms with Crippen molar-refractivity contribution in [2.75, 3.05) is 0 Å². The maximum atomic E-state index is 6.42. The number of hydrogen-bond donors (Lipinski definition) is 0. The van der Waals surface area contributed by atoms with Gasteiger partial charge >= 0.3 is 0 Å². The Morgan fingerprint density at radius 1 is 0.265 bits per heavy atom. The Hall–Kier alpha value is -6.44. The van der Waals surface area contributed by atoms with Crippen LogP contribution in [0.2, 0.25) is 0 Å². The van der Waals surface area contributed by atoms with Crippen LogP contribution < -0.4 is 0 Å². The van der Waals surface area contributed by atoms with E-state index in [4.69, 9.17) is 4.42 Å². The first-order valence-corrected chi connectivity index (χ1v) is 16.8. The zero-order chi connectivity index (χ0) is 32.3. The van der Waals surface area contributed by atoms with Crippen molar-refractivity contribution < 1.29 is 4.42 Å². The Bertz CT molecular complexity index is 2870. The van der Waals surface area contributed by atoms with E-state index in [-0.39, 0.29) is 0 Å². The van der Waals surface area contributed by atoms with Gasteiger partial charge in [-0.15, -0.1) is 0 Å². The van der Waals surface area contributed by atoms with Crippen LogP contribution in [0.3, 0.4) is 0 Å². The molecule has 0 saturated heterocycles. The molecule has 0 radical (unpaired) electrons. The third-order valence-corrected chi connectivity index (χ3v) is 10.1. The molecule has 1 nitrogen and oxygen atoms in total. The molecule has 9 aromatic carbocycles. The Balaban J connectivity index is 1.31. The summed E-state index contributed by atoms with van der Waals surface area (Å²) in [6, 6.07) is 65.9. The zero-order valence-corrected chi connectivity index (χ0v) is 26.7. The Morgan fingerprint density at radius 2 is 0.796 bits per heavy atom. The smallest absolute Gasteiger partial charge is 0.136 e. The highest BCUT2D eigenvalue weighted by Crippen LogP contribution is 2.46. The van der Waals surface area contributed by atoms with Gasteiger partial charge in [-0.05, 0) is 101 Å². The first-order valence-electron chi connectivity index (χ1n) is 16.8. The Kier molecular flexibility index (Phi) is 6.25. The van der Waals surface area contributed by atoms with Crippen molar-refractivity contribution in [3.8, 4) is 44.5 Å². The fourth-order valence-corrected chi connectivity index (χ4v) is 7.88. The fraction of sp³-hybridized carbons (Fsp3) is 0. The van der Waals surface area contributed by atoms with Crippen LogP contribution >= 0.6 is 0 Å². The van der Waals surface area contributed by atoms with Gasteiger partial charge < -0.3 is 4.42 Å². The lowest BCUT2D eigenvalue weighted by Gasteiger charge is -2.19. The van der Waals surface area contributed by atoms with Crippen LogP contribution in [0, 0.1) is 0 Å². The van der Waals surface area contributed by atoms with Gasteiger partial charge in [-0.1, -0.05) is 158 Å². The molecule has 0 N–H and O–H groups in total. The minimum atomic E-state index is 0.903. The maximum absolute atomic E-state index is 6.42. The van der Waals surface area contributed by atoms with Gasteiger partial charge in [0.25, 0.3) is 0 Å². The van der Waals surface area contributed by atoms with Gasteiger partial charge in [0, 0.05) is 10.8 Å². The predicted molar refractivity (Wildman–Crippen MR) is 208 cm³/mol. The van der Waals surface area contributed by atoms with Crippen LogP contribution in [-0.4, -0.2) is 0 Å². The summed E-state index contributed by atoms with van der Waals surface area (Å²) < 4.78 is 6.42. The van der Waals surface area contributed by atoms with E-state index in [1.165, 1.54) is 71.3 Å². The number of fused-ring (bicyclic) bond motifs is 6. The second-order valence-corrected chi connectivity index (χ2v) is 12.8. The van der Waals surface area contributed by atoms with E-state index in [2.05, 4.69) is 170 Å². The average Bonchev–Trinajstić information content (AvgIpc) is 3.54. The van der Waals surface area contributed by atoms with Gasteiger partial charge in [0.1, 0.15) is 11.2 Å². The predicted octanol–water partition coefficient (Wildman–Crippen LogP) is 13.7. The van der Waals surface area contributed by atoms with Crippen LogP contribution in [0.4, 0.5) is 0 Å². The van der Waals surface area contributed by atoms with Crippen LogP contribution in [-0.2, 0) is 0 Å². The van der Waals surface area contributed by atoms with Gasteiger partial charge in [-0.2, -0.15) is 0 Å². The van der Waals surface area contributed by atoms with Gasteiger partial charge in [-0.25, -0.2) is 0 Å². The molecule has 0 aliphatic rings. The quantitative estimate of drug-likeness (QED) is 0.178. The largest absolute Gasteiger partial charge is 0.456 e. The lowest BCUT2D eigenvalue weighted by Crippen LogP contribution is -1.92. The molecule has 49 heavy (non-hydrogen) atoms. The van der Waals surface area contributed by atoms with Gasteiger partial charge in [-0.3, -0.25) is 0 Å². The topological polar surface area (TPSA) is 13.1 Å². The summed E-state index contributed by atoms with van der Waals surface area (Å²) in [6.07, 6.45) is 0. The van der Waals surface area contributed by atoms with Crippen molar-refractivity contribution in [3.05, 3.63) is 182 Å². The highest BCUT2D eigenvalue weighted by molar-refractivity contribution is 6.20. The molecule has 0 aliphatic carbocycles. The van der Waals surface area contributed by atoms with Crippen LogP contribution in [0.25, 0.3) is 98.8 Å². The number of benzene rings is 9. The summed E-state index contributed by atoms with van der Waals surface area (Å²) in [5, 5.41) is 9.69. The summed E-state index contributed by atoms with van der Waals surface area (Å²) in [7, 11) is 0. The van der Waals surface area contributed by atoms with Gasteiger partial charge in [0.15, 0.2) is 0 Å². The molecule has 0 atom stereocenters. The molecule has 0 unspecified atom stereocenters. The zero-order valence-electron chi connectivity index (χ0n) is 26.7. The van der Waals surface area contributed by atoms with Gasteiger partial charge in [0.2, 0.25) is 0 Å². The molecule has 0 fully saturated rings. The number of para-hydroxylation sites is 1. The monoisotopic (exact) mass is 622 g/mol. The van der Waals surface area contributed by atoms with Crippen LogP contribution in [0.15, 0.2) is 186 Å². The average molecular weight is 623 g/mol. The number of hydrogen-bond acceptors (Lipinski definition) is 1. The molecule has 10 rings (SSSR count). The lowest BCUT2D eigenvalue weighted by molar-refractivity contribution is 0.669. The van der Waals surface area contributed by atoms with Crippen molar-refractivity contribution in [1.29, 1.82) is 0 Å². The van der Waals surface area contributed by atoms with Crippen molar-refractivity contribution >= 4 is 54.3 Å². The second kappa shape index (κ2) is 11.1. The standard InChI is InChI=1S/C48H30O/c1-2-13-31(14-3-1)35-21-11-24-42-44(35)30-45-39(38-19-7-6-18-37(38)36-22-10-16-32-15-4-5-17-34(32)36)23-12-25-43(45)48(42)33-27-28-41-40-20-8-9-26-46(40)49-47(41)29-33/h1-30H. The SMILES string of the molecule is c1ccc(-c2cccc3c(-c4ccc5c(c4)oc4ccccc45)c4cccc(-c5ccccc5-c5cccc6ccccc56)c4cc23)cc1. The molecule has 0 bridgehead atoms. The number of rotatable bonds is 4. The fourth-order valence-electron chi connectivity index (χ4n) is 7.88. The molecule has 228 valence electrons. The molecule has 0 amide bonds. The molecule has 1 aromatic heterocycles. The third-order valence-electron chi connectivity index (χ3n) is 10.1. The van der Waals surface area contributed by atoms with Crippen molar-refractivity contribution in [1.82, 2.24) is 0 Å². The van der Waals surface area contributed by atoms with Crippen molar-refractivity contribution in [3.63, 3.8) is 0 Å². The molecule has 0 saturated carbocycles. The first-order chi connectivity index (χ1) is 24.3. The van der Waals surface area contributed by atoms with E-state index in [1.54, 1.807) is 0 Å². The minimum absolute atomic E-state index is 0.903. The van der Waals surface area contributed by atoms with Gasteiger partial charge in [0.05, 0.1) is 0 Å². The van der Waals surface area contributed by atoms with E-state index in [1.807, 2.05) is 12.1 Å². The van der Waals surface area contributed by atoms with E-state index in [0.717, 1.165) is 27.5 Å². The Labute approximate surface area is 284 Å². The molecule has 0 spiro atoms. The normalized spacial score (nSPS) is 11.7. The molecular formula is C48H30O. The first kappa shape index (κ1) is 27.7. The third kappa shape index (κ3) is 4.40. The molecular weight excluding hydrogens is 593 g/mol. The summed E-state index contributed by atoms with van der Waals surface area (Å²) in [6.45, 7) is 0. The highest BCUT2D eigenvalue weighted by Gasteiger charge is 2.19. The second-order valence-electron chi connectivity index (χ2n) is 12.8. The summed E-state index contributed by atoms with van der Waals surface area (Å²) >= 11 is 0. The van der Waals surface area contributed by atoms with Crippen LogP contribution in [0.1, 0.15) is 0 Å². The van der Waals surface area contributed by atoms with Crippen LogP contribution in [0.5, 0.6) is 0 Å². The van der Waals surface area contributed by atoms with Crippen molar-refractivity contribution in [2.45, 2.75) is 0 Å². The lowest BCUT2D eigenvalue weighted by atomic mass is 9.84. The molecule has 1 heterocycles. The van der Waals surface area contributed by atoms with Crippen molar-refractivity contribution in [2.24, 2.45) is 0 Å². The van der Waals surface area contributed by atoms with E-state index >= 15 is 0 Å². The Morgan fingerprint density at radius 3 is 1.59 bits per heavy atom. The number of furan rings is 1. The summed E-state index contributed by atoms with van der Waals surface area (Å²) in [5.41, 5.74) is 11.5. The molecule has 10 aromatic rings. The summed E-state index contributed by atoms with van der Waals surface area (Å²) in [5.74, 6) is 0. The maximum Gasteiger partial charge on any atom is 0.136 e. The van der Waals surface area contributed by atoms with E-state index in [0.29, 0.717) is 0 Å². The summed E-state index contributed by atoms with van der Waals surface area (Å²) in [4.78, 5) is 0.